The van der Waals surface area contributed by atoms with Gasteiger partial charge in [-0.05, 0) is 36.8 Å². The number of benzene rings is 2. The molecule has 3 rings (SSSR count). The Morgan fingerprint density at radius 1 is 1.24 bits per heavy atom. The fourth-order valence-electron chi connectivity index (χ4n) is 2.47. The summed E-state index contributed by atoms with van der Waals surface area (Å²) in [7, 11) is 0. The minimum atomic E-state index is -0.380. The van der Waals surface area contributed by atoms with Gasteiger partial charge in [0.15, 0.2) is 0 Å². The largest absolute Gasteiger partial charge is 0.328 e. The molecule has 0 saturated heterocycles. The monoisotopic (exact) mass is 285 g/mol. The van der Waals surface area contributed by atoms with Crippen LogP contribution in [0.5, 0.6) is 0 Å². The van der Waals surface area contributed by atoms with Crippen molar-refractivity contribution in [1.82, 2.24) is 0 Å². The van der Waals surface area contributed by atoms with Crippen molar-refractivity contribution in [3.05, 3.63) is 53.8 Å². The van der Waals surface area contributed by atoms with Gasteiger partial charge < -0.3 is 16.0 Å². The van der Waals surface area contributed by atoms with E-state index in [1.807, 2.05) is 18.2 Å². The van der Waals surface area contributed by atoms with Gasteiger partial charge in [-0.3, -0.25) is 4.79 Å². The average Bonchev–Trinajstić information content (AvgIpc) is 2.46. The molecule has 1 atom stereocenters. The number of nitrogens with two attached hydrogens (primary N) is 1. The molecule has 2 aromatic carbocycles. The van der Waals surface area contributed by atoms with Crippen LogP contribution >= 0.6 is 0 Å². The SMILES string of the molecule is C[C@@H](N)c1ccc(N2CC(=O)Nc3ccccc32)c(F)c1. The van der Waals surface area contributed by atoms with E-state index in [0.29, 0.717) is 11.4 Å². The zero-order valence-corrected chi connectivity index (χ0v) is 11.6. The van der Waals surface area contributed by atoms with Gasteiger partial charge in [-0.1, -0.05) is 18.2 Å². The number of carbonyl (C=O) groups is 1. The molecule has 0 aliphatic carbocycles. The van der Waals surface area contributed by atoms with Crippen LogP contribution in [0.25, 0.3) is 0 Å². The van der Waals surface area contributed by atoms with E-state index >= 15 is 0 Å². The maximum absolute atomic E-state index is 14.4. The van der Waals surface area contributed by atoms with Crippen LogP contribution in [0.2, 0.25) is 0 Å². The Balaban J connectivity index is 2.07. The summed E-state index contributed by atoms with van der Waals surface area (Å²) in [4.78, 5) is 13.5. The van der Waals surface area contributed by atoms with Gasteiger partial charge in [0.2, 0.25) is 5.91 Å². The standard InChI is InChI=1S/C16H16FN3O/c1-10(18)11-6-7-14(12(17)8-11)20-9-16(21)19-13-4-2-3-5-15(13)20/h2-8,10H,9,18H2,1H3,(H,19,21)/t10-/m1/s1. The minimum Gasteiger partial charge on any atom is -0.328 e. The average molecular weight is 285 g/mol. The smallest absolute Gasteiger partial charge is 0.244 e. The molecule has 108 valence electrons. The van der Waals surface area contributed by atoms with Crippen LogP contribution in [-0.2, 0) is 4.79 Å². The Morgan fingerprint density at radius 3 is 2.71 bits per heavy atom. The Kier molecular flexibility index (Phi) is 3.35. The zero-order valence-electron chi connectivity index (χ0n) is 11.6. The van der Waals surface area contributed by atoms with E-state index in [9.17, 15) is 9.18 Å². The van der Waals surface area contributed by atoms with Gasteiger partial charge in [0.1, 0.15) is 12.4 Å². The van der Waals surface area contributed by atoms with Crippen molar-refractivity contribution < 1.29 is 9.18 Å². The summed E-state index contributed by atoms with van der Waals surface area (Å²) >= 11 is 0. The number of fused-ring (bicyclic) bond motifs is 1. The van der Waals surface area contributed by atoms with Crippen molar-refractivity contribution in [2.24, 2.45) is 5.73 Å². The molecule has 0 unspecified atom stereocenters. The summed E-state index contributed by atoms with van der Waals surface area (Å²) in [5, 5.41) is 2.79. The maximum Gasteiger partial charge on any atom is 0.244 e. The third kappa shape index (κ3) is 2.48. The summed E-state index contributed by atoms with van der Waals surface area (Å²) in [6.07, 6.45) is 0. The number of hydrogen-bond acceptors (Lipinski definition) is 3. The maximum atomic E-state index is 14.4. The lowest BCUT2D eigenvalue weighted by Gasteiger charge is -2.31. The number of hydrogen-bond donors (Lipinski definition) is 2. The second kappa shape index (κ2) is 5.18. The number of nitrogens with one attached hydrogen (secondary N) is 1. The van der Waals surface area contributed by atoms with Crippen molar-refractivity contribution in [3.8, 4) is 0 Å². The van der Waals surface area contributed by atoms with Crippen LogP contribution in [0, 0.1) is 5.82 Å². The second-order valence-corrected chi connectivity index (χ2v) is 5.15. The summed E-state index contributed by atoms with van der Waals surface area (Å²) in [6.45, 7) is 1.89. The lowest BCUT2D eigenvalue weighted by atomic mass is 10.1. The predicted molar refractivity (Wildman–Crippen MR) is 81.1 cm³/mol. The molecule has 2 aromatic rings. The topological polar surface area (TPSA) is 58.4 Å². The number of para-hydroxylation sites is 2. The molecule has 1 amide bonds. The molecule has 1 heterocycles. The number of amides is 1. The van der Waals surface area contributed by atoms with Crippen LogP contribution in [0.1, 0.15) is 18.5 Å². The van der Waals surface area contributed by atoms with Crippen molar-refractivity contribution in [2.75, 3.05) is 16.8 Å². The molecule has 0 aromatic heterocycles. The second-order valence-electron chi connectivity index (χ2n) is 5.15. The first-order chi connectivity index (χ1) is 10.1. The number of nitrogens with zero attached hydrogens (tertiary/aromatic N) is 1. The summed E-state index contributed by atoms with van der Waals surface area (Å²) in [6, 6.07) is 12.0. The van der Waals surface area contributed by atoms with Gasteiger partial charge in [0, 0.05) is 6.04 Å². The van der Waals surface area contributed by atoms with Gasteiger partial charge in [-0.2, -0.15) is 0 Å². The van der Waals surface area contributed by atoms with E-state index in [0.717, 1.165) is 11.3 Å². The molecule has 0 bridgehead atoms. The highest BCUT2D eigenvalue weighted by Gasteiger charge is 2.24. The Morgan fingerprint density at radius 2 is 2.00 bits per heavy atom. The third-order valence-corrected chi connectivity index (χ3v) is 3.56. The van der Waals surface area contributed by atoms with Crippen LogP contribution in [0.4, 0.5) is 21.5 Å². The Hall–Kier alpha value is -2.40. The van der Waals surface area contributed by atoms with Gasteiger partial charge in [0.25, 0.3) is 0 Å². The van der Waals surface area contributed by atoms with Gasteiger partial charge in [-0.25, -0.2) is 4.39 Å². The highest BCUT2D eigenvalue weighted by atomic mass is 19.1. The van der Waals surface area contributed by atoms with Crippen LogP contribution in [0.15, 0.2) is 42.5 Å². The molecule has 1 aliphatic rings. The molecule has 0 radical (unpaired) electrons. The van der Waals surface area contributed by atoms with E-state index < -0.39 is 0 Å². The fraction of sp³-hybridized carbons (Fsp3) is 0.188. The zero-order chi connectivity index (χ0) is 15.0. The minimum absolute atomic E-state index is 0.0887. The fourth-order valence-corrected chi connectivity index (χ4v) is 2.47. The third-order valence-electron chi connectivity index (χ3n) is 3.56. The number of halogens is 1. The first-order valence-corrected chi connectivity index (χ1v) is 6.77. The Labute approximate surface area is 122 Å². The summed E-state index contributed by atoms with van der Waals surface area (Å²) in [5.41, 5.74) is 8.34. The molecule has 21 heavy (non-hydrogen) atoms. The van der Waals surface area contributed by atoms with Crippen molar-refractivity contribution in [2.45, 2.75) is 13.0 Å². The molecule has 1 aliphatic heterocycles. The highest BCUT2D eigenvalue weighted by molar-refractivity contribution is 6.03. The summed E-state index contributed by atoms with van der Waals surface area (Å²) in [5.74, 6) is -0.543. The molecule has 0 saturated carbocycles. The quantitative estimate of drug-likeness (QED) is 0.892. The van der Waals surface area contributed by atoms with Gasteiger partial charge in [-0.15, -0.1) is 0 Å². The lowest BCUT2D eigenvalue weighted by Crippen LogP contribution is -2.35. The Bertz CT molecular complexity index is 700. The number of anilines is 3. The molecule has 0 fully saturated rings. The molecule has 5 heteroatoms. The highest BCUT2D eigenvalue weighted by Crippen LogP contribution is 2.36. The molecular weight excluding hydrogens is 269 g/mol. The van der Waals surface area contributed by atoms with Crippen molar-refractivity contribution >= 4 is 23.0 Å². The first-order valence-electron chi connectivity index (χ1n) is 6.77. The van der Waals surface area contributed by atoms with E-state index in [1.54, 1.807) is 30.0 Å². The normalized spacial score (nSPS) is 15.4. The summed E-state index contributed by atoms with van der Waals surface area (Å²) < 4.78 is 14.4. The van der Waals surface area contributed by atoms with Crippen LogP contribution < -0.4 is 16.0 Å². The first kappa shape index (κ1) is 13.6. The van der Waals surface area contributed by atoms with E-state index in [2.05, 4.69) is 5.32 Å². The van der Waals surface area contributed by atoms with Crippen molar-refractivity contribution in [1.29, 1.82) is 0 Å². The van der Waals surface area contributed by atoms with Gasteiger partial charge >= 0.3 is 0 Å². The lowest BCUT2D eigenvalue weighted by molar-refractivity contribution is -0.115. The van der Waals surface area contributed by atoms with Crippen molar-refractivity contribution in [3.63, 3.8) is 0 Å². The van der Waals surface area contributed by atoms with Crippen LogP contribution in [0.3, 0.4) is 0 Å². The molecule has 3 N–H and O–H groups in total. The molecule has 0 spiro atoms. The molecular formula is C16H16FN3O. The van der Waals surface area contributed by atoms with Gasteiger partial charge in [0.05, 0.1) is 17.1 Å². The predicted octanol–water partition coefficient (Wildman–Crippen LogP) is 2.94. The van der Waals surface area contributed by atoms with E-state index in [4.69, 9.17) is 5.73 Å². The molecule has 4 nitrogen and oxygen atoms in total. The number of carbonyl (C=O) groups excluding carboxylic acids is 1. The number of rotatable bonds is 2. The van der Waals surface area contributed by atoms with Crippen LogP contribution in [-0.4, -0.2) is 12.5 Å². The van der Waals surface area contributed by atoms with E-state index in [-0.39, 0.29) is 24.3 Å². The van der Waals surface area contributed by atoms with E-state index in [1.165, 1.54) is 6.07 Å².